The molecule has 2 aromatic rings. The maximum atomic E-state index is 10.4. The Bertz CT molecular complexity index is 720. The van der Waals surface area contributed by atoms with Crippen LogP contribution in [0.25, 0.3) is 0 Å². The van der Waals surface area contributed by atoms with E-state index in [0.717, 1.165) is 43.8 Å². The molecule has 0 unspecified atom stereocenters. The van der Waals surface area contributed by atoms with Gasteiger partial charge in [0.1, 0.15) is 11.5 Å². The van der Waals surface area contributed by atoms with Gasteiger partial charge in [-0.25, -0.2) is 0 Å². The lowest BCUT2D eigenvalue weighted by atomic mass is 9.78. The Hall–Kier alpha value is -2.00. The zero-order valence-corrected chi connectivity index (χ0v) is 16.9. The van der Waals surface area contributed by atoms with E-state index in [2.05, 4.69) is 55.1 Å². The van der Waals surface area contributed by atoms with Gasteiger partial charge in [0, 0.05) is 12.1 Å². The van der Waals surface area contributed by atoms with E-state index in [1.807, 2.05) is 6.07 Å². The number of rotatable bonds is 8. The molecule has 0 aromatic heterocycles. The third kappa shape index (κ3) is 4.65. The van der Waals surface area contributed by atoms with Crippen molar-refractivity contribution in [1.82, 2.24) is 4.90 Å². The second-order valence-corrected chi connectivity index (χ2v) is 7.67. The summed E-state index contributed by atoms with van der Waals surface area (Å²) in [5, 5.41) is 10.4. The molecule has 0 bridgehead atoms. The van der Waals surface area contributed by atoms with Gasteiger partial charge in [-0.05, 0) is 79.9 Å². The van der Waals surface area contributed by atoms with Crippen molar-refractivity contribution in [2.24, 2.45) is 0 Å². The summed E-state index contributed by atoms with van der Waals surface area (Å²) < 4.78 is 5.31. The maximum absolute atomic E-state index is 10.4. The summed E-state index contributed by atoms with van der Waals surface area (Å²) >= 11 is 0. The van der Waals surface area contributed by atoms with Crippen LogP contribution in [0.4, 0.5) is 0 Å². The molecule has 2 atom stereocenters. The maximum Gasteiger partial charge on any atom is 0.120 e. The molecule has 3 nitrogen and oxygen atoms in total. The summed E-state index contributed by atoms with van der Waals surface area (Å²) in [5.74, 6) is 2.24. The Labute approximate surface area is 164 Å². The molecule has 0 saturated carbocycles. The molecule has 1 heterocycles. The van der Waals surface area contributed by atoms with Crippen LogP contribution in [0.2, 0.25) is 0 Å². The van der Waals surface area contributed by atoms with Crippen LogP contribution in [0.15, 0.2) is 42.5 Å². The summed E-state index contributed by atoms with van der Waals surface area (Å²) in [6, 6.07) is 14.8. The first-order valence-electron chi connectivity index (χ1n) is 10.3. The lowest BCUT2D eigenvalue weighted by molar-refractivity contribution is 0.323. The van der Waals surface area contributed by atoms with E-state index in [0.29, 0.717) is 17.6 Å². The molecule has 3 heteroatoms. The Morgan fingerprint density at radius 3 is 2.11 bits per heavy atom. The number of benzene rings is 2. The van der Waals surface area contributed by atoms with Crippen molar-refractivity contribution in [3.63, 3.8) is 0 Å². The molecule has 2 aromatic carbocycles. The number of ether oxygens (including phenoxy) is 1. The van der Waals surface area contributed by atoms with E-state index < -0.39 is 0 Å². The van der Waals surface area contributed by atoms with Gasteiger partial charge in [-0.3, -0.25) is 4.90 Å². The smallest absolute Gasteiger partial charge is 0.120 e. The van der Waals surface area contributed by atoms with Gasteiger partial charge in [0.25, 0.3) is 0 Å². The SMILES string of the molecule is CC[C@@H](c1ccc(OC)cc1)[C@@H](CC)c1ccc(O)c(CN2CCCC2)c1. The largest absolute Gasteiger partial charge is 0.508 e. The third-order valence-corrected chi connectivity index (χ3v) is 6.03. The van der Waals surface area contributed by atoms with E-state index in [-0.39, 0.29) is 0 Å². The van der Waals surface area contributed by atoms with Crippen molar-refractivity contribution >= 4 is 0 Å². The average molecular weight is 368 g/mol. The molecule has 1 aliphatic heterocycles. The average Bonchev–Trinajstić information content (AvgIpc) is 3.21. The molecule has 1 saturated heterocycles. The van der Waals surface area contributed by atoms with E-state index in [4.69, 9.17) is 4.74 Å². The second kappa shape index (κ2) is 9.27. The Morgan fingerprint density at radius 2 is 1.52 bits per heavy atom. The second-order valence-electron chi connectivity index (χ2n) is 7.67. The van der Waals surface area contributed by atoms with Crippen LogP contribution in [-0.2, 0) is 6.54 Å². The Kier molecular flexibility index (Phi) is 6.78. The predicted molar refractivity (Wildman–Crippen MR) is 112 cm³/mol. The minimum atomic E-state index is 0.429. The number of nitrogens with zero attached hydrogens (tertiary/aromatic N) is 1. The molecule has 0 spiro atoms. The monoisotopic (exact) mass is 367 g/mol. The van der Waals surface area contributed by atoms with Crippen molar-refractivity contribution in [1.29, 1.82) is 0 Å². The third-order valence-electron chi connectivity index (χ3n) is 6.03. The lowest BCUT2D eigenvalue weighted by Gasteiger charge is -2.27. The van der Waals surface area contributed by atoms with Crippen molar-refractivity contribution in [3.8, 4) is 11.5 Å². The number of phenolic OH excluding ortho intramolecular Hbond substituents is 1. The van der Waals surface area contributed by atoms with Gasteiger partial charge in [0.05, 0.1) is 7.11 Å². The minimum absolute atomic E-state index is 0.429. The first-order valence-corrected chi connectivity index (χ1v) is 10.3. The number of likely N-dealkylation sites (tertiary alicyclic amines) is 1. The van der Waals surface area contributed by atoms with E-state index in [9.17, 15) is 5.11 Å². The van der Waals surface area contributed by atoms with Gasteiger partial charge in [-0.1, -0.05) is 38.1 Å². The number of aromatic hydroxyl groups is 1. The van der Waals surface area contributed by atoms with Crippen molar-refractivity contribution in [2.75, 3.05) is 20.2 Å². The number of phenols is 1. The number of methoxy groups -OCH3 is 1. The molecular formula is C24H33NO2. The van der Waals surface area contributed by atoms with Gasteiger partial charge in [-0.15, -0.1) is 0 Å². The first kappa shape index (κ1) is 19.8. The molecule has 1 aliphatic rings. The van der Waals surface area contributed by atoms with Crippen LogP contribution in [-0.4, -0.2) is 30.2 Å². The first-order chi connectivity index (χ1) is 13.2. The van der Waals surface area contributed by atoms with Crippen LogP contribution in [0.1, 0.15) is 68.1 Å². The highest BCUT2D eigenvalue weighted by atomic mass is 16.5. The van der Waals surface area contributed by atoms with Crippen molar-refractivity contribution < 1.29 is 9.84 Å². The van der Waals surface area contributed by atoms with Gasteiger partial charge in [0.2, 0.25) is 0 Å². The summed E-state index contributed by atoms with van der Waals surface area (Å²) in [6.07, 6.45) is 4.71. The molecule has 0 amide bonds. The van der Waals surface area contributed by atoms with Crippen LogP contribution in [0.3, 0.4) is 0 Å². The lowest BCUT2D eigenvalue weighted by Crippen LogP contribution is -2.19. The fraction of sp³-hybridized carbons (Fsp3) is 0.500. The molecule has 27 heavy (non-hydrogen) atoms. The fourth-order valence-electron chi connectivity index (χ4n) is 4.50. The quantitative estimate of drug-likeness (QED) is 0.651. The van der Waals surface area contributed by atoms with E-state index in [1.165, 1.54) is 24.0 Å². The van der Waals surface area contributed by atoms with Gasteiger partial charge < -0.3 is 9.84 Å². The zero-order valence-electron chi connectivity index (χ0n) is 16.9. The normalized spacial score (nSPS) is 17.0. The molecular weight excluding hydrogens is 334 g/mol. The van der Waals surface area contributed by atoms with E-state index >= 15 is 0 Å². The predicted octanol–water partition coefficient (Wildman–Crippen LogP) is 5.68. The summed E-state index contributed by atoms with van der Waals surface area (Å²) in [5.41, 5.74) is 3.77. The highest BCUT2D eigenvalue weighted by Crippen LogP contribution is 2.39. The molecule has 0 aliphatic carbocycles. The van der Waals surface area contributed by atoms with Gasteiger partial charge >= 0.3 is 0 Å². The molecule has 146 valence electrons. The summed E-state index contributed by atoms with van der Waals surface area (Å²) in [7, 11) is 1.71. The van der Waals surface area contributed by atoms with Crippen LogP contribution < -0.4 is 4.74 Å². The number of hydrogen-bond donors (Lipinski definition) is 1. The summed E-state index contributed by atoms with van der Waals surface area (Å²) in [6.45, 7) is 7.68. The topological polar surface area (TPSA) is 32.7 Å². The van der Waals surface area contributed by atoms with E-state index in [1.54, 1.807) is 7.11 Å². The van der Waals surface area contributed by atoms with Gasteiger partial charge in [-0.2, -0.15) is 0 Å². The molecule has 0 radical (unpaired) electrons. The minimum Gasteiger partial charge on any atom is -0.508 e. The van der Waals surface area contributed by atoms with Crippen LogP contribution in [0.5, 0.6) is 11.5 Å². The molecule has 1 N–H and O–H groups in total. The fourth-order valence-corrected chi connectivity index (χ4v) is 4.50. The zero-order chi connectivity index (χ0) is 19.2. The Morgan fingerprint density at radius 1 is 0.926 bits per heavy atom. The Balaban J connectivity index is 1.85. The standard InChI is InChI=1S/C24H33NO2/c1-4-22(18-8-11-21(27-3)12-9-18)23(5-2)19-10-13-24(26)20(16-19)17-25-14-6-7-15-25/h8-13,16,22-23,26H,4-7,14-15,17H2,1-3H3/t22-,23-/m0/s1. The highest BCUT2D eigenvalue weighted by Gasteiger charge is 2.23. The van der Waals surface area contributed by atoms with Gasteiger partial charge in [0.15, 0.2) is 0 Å². The van der Waals surface area contributed by atoms with Crippen molar-refractivity contribution in [2.45, 2.75) is 57.9 Å². The molecule has 1 fully saturated rings. The summed E-state index contributed by atoms with van der Waals surface area (Å²) in [4.78, 5) is 2.45. The van der Waals surface area contributed by atoms with Crippen molar-refractivity contribution in [3.05, 3.63) is 59.2 Å². The van der Waals surface area contributed by atoms with Crippen LogP contribution in [0, 0.1) is 0 Å². The van der Waals surface area contributed by atoms with Crippen LogP contribution >= 0.6 is 0 Å². The highest BCUT2D eigenvalue weighted by molar-refractivity contribution is 5.40. The molecule has 3 rings (SSSR count). The number of hydrogen-bond acceptors (Lipinski definition) is 3.